The number of hydrogen-bond acceptors (Lipinski definition) is 3. The number of nitrogens with zero attached hydrogens (tertiary/aromatic N) is 2. The van der Waals surface area contributed by atoms with Gasteiger partial charge in [-0.15, -0.1) is 0 Å². The van der Waals surface area contributed by atoms with Crippen LogP contribution in [-0.4, -0.2) is 17.0 Å². The summed E-state index contributed by atoms with van der Waals surface area (Å²) < 4.78 is 27.3. The highest BCUT2D eigenvalue weighted by Gasteiger charge is 2.22. The molecule has 1 unspecified atom stereocenters. The van der Waals surface area contributed by atoms with Crippen LogP contribution < -0.4 is 5.32 Å². The lowest BCUT2D eigenvalue weighted by Crippen LogP contribution is -2.22. The number of rotatable bonds is 3. The molecule has 1 heterocycles. The number of nitrogens with one attached hydrogen (secondary N) is 1. The van der Waals surface area contributed by atoms with Gasteiger partial charge in [0, 0.05) is 18.0 Å². The van der Waals surface area contributed by atoms with E-state index in [4.69, 9.17) is 0 Å². The predicted molar refractivity (Wildman–Crippen MR) is 59.3 cm³/mol. The normalized spacial score (nSPS) is 12.4. The molecule has 0 saturated carbocycles. The average molecular weight is 235 g/mol. The molecule has 1 atom stereocenters. The van der Waals surface area contributed by atoms with Gasteiger partial charge >= 0.3 is 0 Å². The SMILES string of the molecule is CNC(c1ncccn1)c1c(F)cccc1F. The Hall–Kier alpha value is -1.88. The van der Waals surface area contributed by atoms with Crippen LogP contribution in [0.2, 0.25) is 0 Å². The molecule has 0 radical (unpaired) electrons. The molecular weight excluding hydrogens is 224 g/mol. The molecule has 5 heteroatoms. The Morgan fingerprint density at radius 1 is 1.06 bits per heavy atom. The van der Waals surface area contributed by atoms with Crippen molar-refractivity contribution >= 4 is 0 Å². The van der Waals surface area contributed by atoms with Gasteiger partial charge in [-0.25, -0.2) is 18.7 Å². The van der Waals surface area contributed by atoms with Crippen molar-refractivity contribution in [3.63, 3.8) is 0 Å². The molecule has 1 aromatic carbocycles. The summed E-state index contributed by atoms with van der Waals surface area (Å²) in [6.07, 6.45) is 3.07. The first-order chi connectivity index (χ1) is 8.24. The van der Waals surface area contributed by atoms with Crippen LogP contribution in [0.5, 0.6) is 0 Å². The Morgan fingerprint density at radius 2 is 1.65 bits per heavy atom. The number of benzene rings is 1. The fraction of sp³-hybridized carbons (Fsp3) is 0.167. The first kappa shape index (κ1) is 11.6. The Labute approximate surface area is 97.5 Å². The van der Waals surface area contributed by atoms with E-state index in [1.54, 1.807) is 13.1 Å². The van der Waals surface area contributed by atoms with Gasteiger partial charge in [-0.05, 0) is 25.2 Å². The van der Waals surface area contributed by atoms with Gasteiger partial charge < -0.3 is 5.32 Å². The van der Waals surface area contributed by atoms with Crippen LogP contribution in [0.3, 0.4) is 0 Å². The van der Waals surface area contributed by atoms with Crippen LogP contribution in [0.1, 0.15) is 17.4 Å². The van der Waals surface area contributed by atoms with Crippen molar-refractivity contribution in [1.29, 1.82) is 0 Å². The average Bonchev–Trinajstić information content (AvgIpc) is 2.35. The van der Waals surface area contributed by atoms with Crippen molar-refractivity contribution in [2.75, 3.05) is 7.05 Å². The van der Waals surface area contributed by atoms with Crippen LogP contribution >= 0.6 is 0 Å². The van der Waals surface area contributed by atoms with Crippen molar-refractivity contribution in [2.24, 2.45) is 0 Å². The van der Waals surface area contributed by atoms with Crippen LogP contribution in [-0.2, 0) is 0 Å². The molecule has 0 aliphatic carbocycles. The van der Waals surface area contributed by atoms with E-state index >= 15 is 0 Å². The zero-order chi connectivity index (χ0) is 12.3. The predicted octanol–water partition coefficient (Wildman–Crippen LogP) is 2.06. The fourth-order valence-corrected chi connectivity index (χ4v) is 1.65. The lowest BCUT2D eigenvalue weighted by atomic mass is 10.0. The zero-order valence-corrected chi connectivity index (χ0v) is 9.19. The smallest absolute Gasteiger partial charge is 0.149 e. The van der Waals surface area contributed by atoms with Crippen molar-refractivity contribution in [3.8, 4) is 0 Å². The molecule has 2 rings (SSSR count). The third-order valence-corrected chi connectivity index (χ3v) is 2.42. The van der Waals surface area contributed by atoms with E-state index in [1.807, 2.05) is 0 Å². The van der Waals surface area contributed by atoms with E-state index in [1.165, 1.54) is 30.6 Å². The lowest BCUT2D eigenvalue weighted by molar-refractivity contribution is 0.512. The van der Waals surface area contributed by atoms with Crippen LogP contribution in [0.15, 0.2) is 36.7 Å². The standard InChI is InChI=1S/C12H11F2N3/c1-15-11(12-16-6-3-7-17-12)10-8(13)4-2-5-9(10)14/h2-7,11,15H,1H3. The Morgan fingerprint density at radius 3 is 2.18 bits per heavy atom. The van der Waals surface area contributed by atoms with Gasteiger partial charge in [0.1, 0.15) is 17.5 Å². The number of aromatic nitrogens is 2. The maximum atomic E-state index is 13.6. The summed E-state index contributed by atoms with van der Waals surface area (Å²) in [4.78, 5) is 8.00. The molecule has 0 bridgehead atoms. The van der Waals surface area contributed by atoms with E-state index < -0.39 is 17.7 Å². The summed E-state index contributed by atoms with van der Waals surface area (Å²) >= 11 is 0. The summed E-state index contributed by atoms with van der Waals surface area (Å²) in [6, 6.07) is 4.70. The maximum Gasteiger partial charge on any atom is 0.149 e. The Balaban J connectivity index is 2.50. The van der Waals surface area contributed by atoms with Crippen LogP contribution in [0, 0.1) is 11.6 Å². The molecule has 88 valence electrons. The highest BCUT2D eigenvalue weighted by Crippen LogP contribution is 2.23. The molecular formula is C12H11F2N3. The number of halogens is 2. The highest BCUT2D eigenvalue weighted by molar-refractivity contribution is 5.27. The molecule has 2 aromatic rings. The minimum absolute atomic E-state index is 0.0683. The molecule has 0 amide bonds. The minimum Gasteiger partial charge on any atom is -0.307 e. The van der Waals surface area contributed by atoms with E-state index in [0.29, 0.717) is 5.82 Å². The quantitative estimate of drug-likeness (QED) is 0.884. The van der Waals surface area contributed by atoms with Gasteiger partial charge in [-0.1, -0.05) is 6.07 Å². The molecule has 1 aromatic heterocycles. The van der Waals surface area contributed by atoms with Crippen molar-refractivity contribution in [1.82, 2.24) is 15.3 Å². The summed E-state index contributed by atoms with van der Waals surface area (Å²) in [5, 5.41) is 2.81. The van der Waals surface area contributed by atoms with Gasteiger partial charge in [-0.2, -0.15) is 0 Å². The molecule has 3 nitrogen and oxygen atoms in total. The monoisotopic (exact) mass is 235 g/mol. The third kappa shape index (κ3) is 2.29. The zero-order valence-electron chi connectivity index (χ0n) is 9.19. The molecule has 0 aliphatic rings. The molecule has 1 N–H and O–H groups in total. The third-order valence-electron chi connectivity index (χ3n) is 2.42. The summed E-state index contributed by atoms with van der Waals surface area (Å²) in [7, 11) is 1.60. The van der Waals surface area contributed by atoms with Crippen LogP contribution in [0.25, 0.3) is 0 Å². The van der Waals surface area contributed by atoms with Crippen molar-refractivity contribution < 1.29 is 8.78 Å². The highest BCUT2D eigenvalue weighted by atomic mass is 19.1. The van der Waals surface area contributed by atoms with E-state index in [-0.39, 0.29) is 5.56 Å². The summed E-state index contributed by atoms with van der Waals surface area (Å²) in [5.74, 6) is -0.896. The van der Waals surface area contributed by atoms with Gasteiger partial charge in [0.05, 0.1) is 6.04 Å². The van der Waals surface area contributed by atoms with Crippen molar-refractivity contribution in [2.45, 2.75) is 6.04 Å². The summed E-state index contributed by atoms with van der Waals surface area (Å²) in [6.45, 7) is 0. The molecule has 0 spiro atoms. The molecule has 0 aliphatic heterocycles. The van der Waals surface area contributed by atoms with E-state index in [2.05, 4.69) is 15.3 Å². The van der Waals surface area contributed by atoms with Gasteiger partial charge in [0.15, 0.2) is 0 Å². The second-order valence-corrected chi connectivity index (χ2v) is 3.46. The molecule has 17 heavy (non-hydrogen) atoms. The molecule has 0 fully saturated rings. The van der Waals surface area contributed by atoms with Crippen LogP contribution in [0.4, 0.5) is 8.78 Å². The Bertz CT molecular complexity index is 482. The Kier molecular flexibility index (Phi) is 3.39. The topological polar surface area (TPSA) is 37.8 Å². The second-order valence-electron chi connectivity index (χ2n) is 3.46. The number of hydrogen-bond donors (Lipinski definition) is 1. The first-order valence-electron chi connectivity index (χ1n) is 5.12. The van der Waals surface area contributed by atoms with E-state index in [9.17, 15) is 8.78 Å². The fourth-order valence-electron chi connectivity index (χ4n) is 1.65. The maximum absolute atomic E-state index is 13.6. The lowest BCUT2D eigenvalue weighted by Gasteiger charge is -2.16. The largest absolute Gasteiger partial charge is 0.307 e. The van der Waals surface area contributed by atoms with E-state index in [0.717, 1.165) is 0 Å². The first-order valence-corrected chi connectivity index (χ1v) is 5.12. The minimum atomic E-state index is -0.697. The van der Waals surface area contributed by atoms with Gasteiger partial charge in [0.2, 0.25) is 0 Å². The molecule has 0 saturated heterocycles. The van der Waals surface area contributed by atoms with Gasteiger partial charge in [-0.3, -0.25) is 0 Å². The van der Waals surface area contributed by atoms with Crippen molar-refractivity contribution in [3.05, 3.63) is 59.7 Å². The van der Waals surface area contributed by atoms with Gasteiger partial charge in [0.25, 0.3) is 0 Å². The summed E-state index contributed by atoms with van der Waals surface area (Å²) in [5.41, 5.74) is -0.0683. The second kappa shape index (κ2) is 4.97.